The van der Waals surface area contributed by atoms with E-state index in [1.165, 1.54) is 19.2 Å². The number of hydrogen-bond acceptors (Lipinski definition) is 4. The summed E-state index contributed by atoms with van der Waals surface area (Å²) in [5.74, 6) is 0.365. The number of aromatic nitrogens is 2. The minimum atomic E-state index is 0.110. The smallest absolute Gasteiger partial charge is 0.141 e. The van der Waals surface area contributed by atoms with Gasteiger partial charge in [-0.15, -0.1) is 0 Å². The van der Waals surface area contributed by atoms with Gasteiger partial charge >= 0.3 is 0 Å². The Bertz CT molecular complexity index is 401. The molecule has 1 fully saturated rings. The Kier molecular flexibility index (Phi) is 3.71. The summed E-state index contributed by atoms with van der Waals surface area (Å²) in [5.41, 5.74) is 1.75. The third-order valence-electron chi connectivity index (χ3n) is 3.24. The van der Waals surface area contributed by atoms with E-state index in [2.05, 4.69) is 15.3 Å². The van der Waals surface area contributed by atoms with Gasteiger partial charge in [0.2, 0.25) is 0 Å². The van der Waals surface area contributed by atoms with Gasteiger partial charge in [0.15, 0.2) is 0 Å². The van der Waals surface area contributed by atoms with Gasteiger partial charge in [-0.3, -0.25) is 4.79 Å². The fourth-order valence-electron chi connectivity index (χ4n) is 1.63. The number of carbonyl (C=O) groups excluding carboxylic acids is 1. The Morgan fingerprint density at radius 1 is 1.59 bits per heavy atom. The van der Waals surface area contributed by atoms with Gasteiger partial charge in [-0.05, 0) is 19.3 Å². The Morgan fingerprint density at radius 2 is 2.35 bits per heavy atom. The molecule has 0 radical (unpaired) electrons. The summed E-state index contributed by atoms with van der Waals surface area (Å²) >= 11 is 0. The van der Waals surface area contributed by atoms with Crippen LogP contribution in [-0.2, 0) is 11.2 Å². The van der Waals surface area contributed by atoms with Gasteiger partial charge in [0.1, 0.15) is 12.1 Å². The summed E-state index contributed by atoms with van der Waals surface area (Å²) in [7, 11) is 0. The molecule has 0 spiro atoms. The number of Topliss-reactive ketones (excluding diaryl/α,β-unsaturated/α-hetero) is 1. The van der Waals surface area contributed by atoms with E-state index in [9.17, 15) is 4.79 Å². The van der Waals surface area contributed by atoms with Crippen LogP contribution in [0.1, 0.15) is 38.8 Å². The molecule has 0 aliphatic heterocycles. The van der Waals surface area contributed by atoms with Crippen LogP contribution in [0.2, 0.25) is 0 Å². The van der Waals surface area contributed by atoms with Gasteiger partial charge in [-0.2, -0.15) is 0 Å². The molecule has 1 unspecified atom stereocenters. The molecular weight excluding hydrogens is 214 g/mol. The molecule has 1 heterocycles. The molecule has 1 saturated carbocycles. The summed E-state index contributed by atoms with van der Waals surface area (Å²) in [6.07, 6.45) is 6.98. The SMILES string of the molecule is CCC(C)C(=O)Cc1ncncc1NC1CC1. The molecule has 17 heavy (non-hydrogen) atoms. The van der Waals surface area contributed by atoms with Crippen LogP contribution in [0.25, 0.3) is 0 Å². The molecule has 0 amide bonds. The number of ketones is 1. The van der Waals surface area contributed by atoms with E-state index >= 15 is 0 Å². The number of hydrogen-bond donors (Lipinski definition) is 1. The lowest BCUT2D eigenvalue weighted by Crippen LogP contribution is -2.15. The zero-order chi connectivity index (χ0) is 12.3. The van der Waals surface area contributed by atoms with E-state index < -0.39 is 0 Å². The van der Waals surface area contributed by atoms with Crippen molar-refractivity contribution in [2.24, 2.45) is 5.92 Å². The van der Waals surface area contributed by atoms with Crippen LogP contribution in [0, 0.1) is 5.92 Å². The first-order valence-corrected chi connectivity index (χ1v) is 6.28. The second kappa shape index (κ2) is 5.25. The molecule has 1 aliphatic rings. The van der Waals surface area contributed by atoms with Crippen LogP contribution in [0.5, 0.6) is 0 Å². The largest absolute Gasteiger partial charge is 0.380 e. The molecular formula is C13H19N3O. The summed E-state index contributed by atoms with van der Waals surface area (Å²) in [6.45, 7) is 4.00. The average Bonchev–Trinajstić information content (AvgIpc) is 3.14. The minimum Gasteiger partial charge on any atom is -0.380 e. The van der Waals surface area contributed by atoms with Gasteiger partial charge in [-0.1, -0.05) is 13.8 Å². The predicted octanol–water partition coefficient (Wildman–Crippen LogP) is 2.21. The van der Waals surface area contributed by atoms with Crippen LogP contribution in [0.15, 0.2) is 12.5 Å². The maximum absolute atomic E-state index is 11.9. The van der Waals surface area contributed by atoms with Crippen LogP contribution < -0.4 is 5.32 Å². The lowest BCUT2D eigenvalue weighted by atomic mass is 9.99. The standard InChI is InChI=1S/C13H19N3O/c1-3-9(2)13(17)6-11-12(7-14-8-15-11)16-10-4-5-10/h7-10,16H,3-6H2,1-2H3. The van der Waals surface area contributed by atoms with E-state index in [0.717, 1.165) is 17.8 Å². The Labute approximate surface area is 102 Å². The highest BCUT2D eigenvalue weighted by Crippen LogP contribution is 2.26. The first-order chi connectivity index (χ1) is 8.20. The van der Waals surface area contributed by atoms with Crippen molar-refractivity contribution in [3.8, 4) is 0 Å². The molecule has 0 bridgehead atoms. The topological polar surface area (TPSA) is 54.9 Å². The molecule has 0 aromatic carbocycles. The molecule has 1 aliphatic carbocycles. The molecule has 1 N–H and O–H groups in total. The highest BCUT2D eigenvalue weighted by atomic mass is 16.1. The van der Waals surface area contributed by atoms with Crippen molar-refractivity contribution in [2.75, 3.05) is 5.32 Å². The number of rotatable bonds is 6. The molecule has 4 nitrogen and oxygen atoms in total. The van der Waals surface area contributed by atoms with Crippen molar-refractivity contribution in [2.45, 2.75) is 45.6 Å². The van der Waals surface area contributed by atoms with Crippen molar-refractivity contribution in [1.29, 1.82) is 0 Å². The molecule has 2 rings (SSSR count). The summed E-state index contributed by atoms with van der Waals surface area (Å²) in [6, 6.07) is 0.554. The number of nitrogens with one attached hydrogen (secondary N) is 1. The first kappa shape index (κ1) is 12.0. The maximum atomic E-state index is 11.9. The third kappa shape index (κ3) is 3.25. The molecule has 1 atom stereocenters. The monoisotopic (exact) mass is 233 g/mol. The fourth-order valence-corrected chi connectivity index (χ4v) is 1.63. The lowest BCUT2D eigenvalue weighted by Gasteiger charge is -2.11. The van der Waals surface area contributed by atoms with E-state index in [-0.39, 0.29) is 11.7 Å². The van der Waals surface area contributed by atoms with Crippen LogP contribution in [-0.4, -0.2) is 21.8 Å². The Balaban J connectivity index is 2.05. The highest BCUT2D eigenvalue weighted by molar-refractivity contribution is 5.83. The summed E-state index contributed by atoms with van der Waals surface area (Å²) in [5, 5.41) is 3.37. The number of anilines is 1. The van der Waals surface area contributed by atoms with E-state index in [1.807, 2.05) is 13.8 Å². The summed E-state index contributed by atoms with van der Waals surface area (Å²) in [4.78, 5) is 20.1. The van der Waals surface area contributed by atoms with Gasteiger partial charge < -0.3 is 5.32 Å². The van der Waals surface area contributed by atoms with Gasteiger partial charge in [0, 0.05) is 12.0 Å². The zero-order valence-corrected chi connectivity index (χ0v) is 10.4. The van der Waals surface area contributed by atoms with E-state index in [1.54, 1.807) is 6.20 Å². The predicted molar refractivity (Wildman–Crippen MR) is 66.8 cm³/mol. The van der Waals surface area contributed by atoms with Gasteiger partial charge in [0.05, 0.1) is 24.0 Å². The molecule has 0 saturated heterocycles. The first-order valence-electron chi connectivity index (χ1n) is 6.28. The molecule has 1 aromatic rings. The quantitative estimate of drug-likeness (QED) is 0.818. The second-order valence-electron chi connectivity index (χ2n) is 4.75. The molecule has 4 heteroatoms. The van der Waals surface area contributed by atoms with Crippen LogP contribution in [0.4, 0.5) is 5.69 Å². The average molecular weight is 233 g/mol. The fraction of sp³-hybridized carbons (Fsp3) is 0.615. The number of nitrogens with zero attached hydrogens (tertiary/aromatic N) is 2. The molecule has 92 valence electrons. The minimum absolute atomic E-state index is 0.110. The van der Waals surface area contributed by atoms with Crippen molar-refractivity contribution < 1.29 is 4.79 Å². The van der Waals surface area contributed by atoms with E-state index in [4.69, 9.17) is 0 Å². The third-order valence-corrected chi connectivity index (χ3v) is 3.24. The normalized spacial score (nSPS) is 16.6. The Hall–Kier alpha value is -1.45. The van der Waals surface area contributed by atoms with Crippen molar-refractivity contribution in [1.82, 2.24) is 9.97 Å². The van der Waals surface area contributed by atoms with Crippen molar-refractivity contribution in [3.63, 3.8) is 0 Å². The van der Waals surface area contributed by atoms with Gasteiger partial charge in [0.25, 0.3) is 0 Å². The van der Waals surface area contributed by atoms with Crippen LogP contribution >= 0.6 is 0 Å². The zero-order valence-electron chi connectivity index (χ0n) is 10.4. The van der Waals surface area contributed by atoms with Crippen molar-refractivity contribution in [3.05, 3.63) is 18.2 Å². The lowest BCUT2D eigenvalue weighted by molar-refractivity contribution is -0.121. The second-order valence-corrected chi connectivity index (χ2v) is 4.75. The number of carbonyl (C=O) groups is 1. The highest BCUT2D eigenvalue weighted by Gasteiger charge is 2.23. The van der Waals surface area contributed by atoms with E-state index in [0.29, 0.717) is 12.5 Å². The summed E-state index contributed by atoms with van der Waals surface area (Å²) < 4.78 is 0. The maximum Gasteiger partial charge on any atom is 0.141 e. The van der Waals surface area contributed by atoms with Crippen molar-refractivity contribution >= 4 is 11.5 Å². The van der Waals surface area contributed by atoms with Crippen LogP contribution in [0.3, 0.4) is 0 Å². The molecule has 1 aromatic heterocycles. The Morgan fingerprint density at radius 3 is 3.00 bits per heavy atom. The van der Waals surface area contributed by atoms with Gasteiger partial charge in [-0.25, -0.2) is 9.97 Å².